The van der Waals surface area contributed by atoms with E-state index in [2.05, 4.69) is 15.9 Å². The molecule has 0 saturated carbocycles. The number of alkyl halides is 1. The predicted octanol–water partition coefficient (Wildman–Crippen LogP) is 5.10. The topological polar surface area (TPSA) is 18.5 Å². The summed E-state index contributed by atoms with van der Waals surface area (Å²) in [6.07, 6.45) is 0. The van der Waals surface area contributed by atoms with Crippen molar-refractivity contribution in [2.75, 3.05) is 7.11 Å². The van der Waals surface area contributed by atoms with Crippen molar-refractivity contribution in [3.8, 4) is 11.5 Å². The summed E-state index contributed by atoms with van der Waals surface area (Å²) in [5, 5.41) is 0.855. The molecule has 6 heteroatoms. The van der Waals surface area contributed by atoms with Crippen LogP contribution >= 0.6 is 27.5 Å². The van der Waals surface area contributed by atoms with E-state index < -0.39 is 17.4 Å². The molecule has 2 rings (SSSR count). The first kappa shape index (κ1) is 16.0. The highest BCUT2D eigenvalue weighted by atomic mass is 79.9. The quantitative estimate of drug-likeness (QED) is 0.675. The standard InChI is InChI=1S/C15H12BrClF2O2/c1-20-14-3-2-11(17)6-10(14)8-21-15-12(18)4-9(7-16)5-13(15)19/h2-6H,7-8H2,1H3. The van der Waals surface area contributed by atoms with Gasteiger partial charge in [-0.25, -0.2) is 8.78 Å². The Kier molecular flexibility index (Phi) is 5.42. The minimum absolute atomic E-state index is 0.0504. The van der Waals surface area contributed by atoms with Gasteiger partial charge in [0.05, 0.1) is 7.11 Å². The van der Waals surface area contributed by atoms with Crippen LogP contribution in [-0.2, 0) is 11.9 Å². The van der Waals surface area contributed by atoms with E-state index in [-0.39, 0.29) is 6.61 Å². The second kappa shape index (κ2) is 7.09. The van der Waals surface area contributed by atoms with Crippen molar-refractivity contribution >= 4 is 27.5 Å². The van der Waals surface area contributed by atoms with Crippen LogP contribution in [0.3, 0.4) is 0 Å². The van der Waals surface area contributed by atoms with Crippen LogP contribution < -0.4 is 9.47 Å². The SMILES string of the molecule is COc1ccc(Cl)cc1COc1c(F)cc(CBr)cc1F. The summed E-state index contributed by atoms with van der Waals surface area (Å²) in [7, 11) is 1.50. The van der Waals surface area contributed by atoms with E-state index in [0.717, 1.165) is 0 Å². The van der Waals surface area contributed by atoms with Crippen molar-refractivity contribution in [2.24, 2.45) is 0 Å². The van der Waals surface area contributed by atoms with E-state index >= 15 is 0 Å². The fourth-order valence-electron chi connectivity index (χ4n) is 1.84. The summed E-state index contributed by atoms with van der Waals surface area (Å²) in [5.74, 6) is -1.37. The van der Waals surface area contributed by atoms with Gasteiger partial charge < -0.3 is 9.47 Å². The summed E-state index contributed by atoms with van der Waals surface area (Å²) < 4.78 is 38.0. The van der Waals surface area contributed by atoms with Crippen LogP contribution in [0, 0.1) is 11.6 Å². The Bertz CT molecular complexity index is 627. The highest BCUT2D eigenvalue weighted by Gasteiger charge is 2.14. The van der Waals surface area contributed by atoms with E-state index in [0.29, 0.717) is 27.2 Å². The van der Waals surface area contributed by atoms with Crippen molar-refractivity contribution in [3.05, 3.63) is 58.1 Å². The molecule has 0 amide bonds. The molecule has 0 bridgehead atoms. The molecule has 0 N–H and O–H groups in total. The van der Waals surface area contributed by atoms with Crippen LogP contribution in [0.15, 0.2) is 30.3 Å². The van der Waals surface area contributed by atoms with Gasteiger partial charge in [0.25, 0.3) is 0 Å². The third kappa shape index (κ3) is 3.86. The molecule has 2 nitrogen and oxygen atoms in total. The predicted molar refractivity (Wildman–Crippen MR) is 81.3 cm³/mol. The van der Waals surface area contributed by atoms with E-state index in [1.165, 1.54) is 19.2 Å². The minimum Gasteiger partial charge on any atom is -0.496 e. The molecule has 2 aromatic carbocycles. The van der Waals surface area contributed by atoms with Gasteiger partial charge in [-0.3, -0.25) is 0 Å². The molecule has 2 aromatic rings. The highest BCUT2D eigenvalue weighted by Crippen LogP contribution is 2.28. The number of hydrogen-bond donors (Lipinski definition) is 0. The summed E-state index contributed by atoms with van der Waals surface area (Å²) in [4.78, 5) is 0. The minimum atomic E-state index is -0.745. The van der Waals surface area contributed by atoms with Crippen LogP contribution in [0.1, 0.15) is 11.1 Å². The van der Waals surface area contributed by atoms with Crippen LogP contribution in [0.2, 0.25) is 5.02 Å². The number of ether oxygens (including phenoxy) is 2. The van der Waals surface area contributed by atoms with Gasteiger partial charge in [0.2, 0.25) is 0 Å². The molecule has 0 aliphatic heterocycles. The van der Waals surface area contributed by atoms with Gasteiger partial charge in [0.1, 0.15) is 12.4 Å². The summed E-state index contributed by atoms with van der Waals surface area (Å²) in [5.41, 5.74) is 1.10. The van der Waals surface area contributed by atoms with E-state index in [9.17, 15) is 8.78 Å². The number of benzene rings is 2. The monoisotopic (exact) mass is 376 g/mol. The molecule has 0 aliphatic rings. The van der Waals surface area contributed by atoms with Crippen molar-refractivity contribution in [1.82, 2.24) is 0 Å². The lowest BCUT2D eigenvalue weighted by atomic mass is 10.2. The molecule has 21 heavy (non-hydrogen) atoms. The van der Waals surface area contributed by atoms with Gasteiger partial charge in [-0.1, -0.05) is 27.5 Å². The number of methoxy groups -OCH3 is 1. The summed E-state index contributed by atoms with van der Waals surface area (Å²) >= 11 is 9.04. The van der Waals surface area contributed by atoms with Crippen molar-refractivity contribution < 1.29 is 18.3 Å². The molecule has 112 valence electrons. The second-order valence-electron chi connectivity index (χ2n) is 4.27. The average Bonchev–Trinajstić information content (AvgIpc) is 2.46. The maximum absolute atomic E-state index is 13.8. The van der Waals surface area contributed by atoms with Gasteiger partial charge >= 0.3 is 0 Å². The van der Waals surface area contributed by atoms with Gasteiger partial charge in [-0.15, -0.1) is 0 Å². The number of halogens is 4. The maximum atomic E-state index is 13.8. The Morgan fingerprint density at radius 3 is 2.38 bits per heavy atom. The first-order chi connectivity index (χ1) is 10.0. The zero-order valence-corrected chi connectivity index (χ0v) is 13.5. The van der Waals surface area contributed by atoms with Crippen LogP contribution in [0.25, 0.3) is 0 Å². The maximum Gasteiger partial charge on any atom is 0.191 e. The smallest absolute Gasteiger partial charge is 0.191 e. The van der Waals surface area contributed by atoms with Gasteiger partial charge in [0, 0.05) is 15.9 Å². The lowest BCUT2D eigenvalue weighted by molar-refractivity contribution is 0.268. The lowest BCUT2D eigenvalue weighted by Gasteiger charge is -2.12. The molecular weight excluding hydrogens is 366 g/mol. The molecule has 0 aliphatic carbocycles. The second-order valence-corrected chi connectivity index (χ2v) is 5.26. The van der Waals surface area contributed by atoms with Gasteiger partial charge in [0.15, 0.2) is 17.4 Å². The van der Waals surface area contributed by atoms with Crippen LogP contribution in [0.5, 0.6) is 11.5 Å². The third-order valence-corrected chi connectivity index (χ3v) is 3.71. The highest BCUT2D eigenvalue weighted by molar-refractivity contribution is 9.08. The molecule has 0 aromatic heterocycles. The summed E-state index contributed by atoms with van der Waals surface area (Å²) in [6, 6.07) is 7.41. The molecule has 0 unspecified atom stereocenters. The molecule has 0 spiro atoms. The average molecular weight is 378 g/mol. The van der Waals surface area contributed by atoms with Gasteiger partial charge in [-0.2, -0.15) is 0 Å². The first-order valence-electron chi connectivity index (χ1n) is 6.04. The molecule has 0 saturated heterocycles. The Hall–Kier alpha value is -1.33. The Morgan fingerprint density at radius 1 is 1.14 bits per heavy atom. The lowest BCUT2D eigenvalue weighted by Crippen LogP contribution is -2.02. The van der Waals surface area contributed by atoms with E-state index in [1.54, 1.807) is 18.2 Å². The van der Waals surface area contributed by atoms with Crippen LogP contribution in [0.4, 0.5) is 8.78 Å². The van der Waals surface area contributed by atoms with Crippen molar-refractivity contribution in [3.63, 3.8) is 0 Å². The fourth-order valence-corrected chi connectivity index (χ4v) is 2.36. The normalized spacial score (nSPS) is 10.5. The summed E-state index contributed by atoms with van der Waals surface area (Å²) in [6.45, 7) is -0.0504. The number of rotatable bonds is 5. The first-order valence-corrected chi connectivity index (χ1v) is 7.54. The molecule has 0 atom stereocenters. The molecule has 0 fully saturated rings. The van der Waals surface area contributed by atoms with Crippen molar-refractivity contribution in [2.45, 2.75) is 11.9 Å². The molecular formula is C15H12BrClF2O2. The Labute approximate surface area is 134 Å². The van der Waals surface area contributed by atoms with E-state index in [1.807, 2.05) is 0 Å². The van der Waals surface area contributed by atoms with Crippen molar-refractivity contribution in [1.29, 1.82) is 0 Å². The van der Waals surface area contributed by atoms with Gasteiger partial charge in [-0.05, 0) is 35.9 Å². The zero-order chi connectivity index (χ0) is 15.4. The van der Waals surface area contributed by atoms with Crippen LogP contribution in [-0.4, -0.2) is 7.11 Å². The van der Waals surface area contributed by atoms with E-state index in [4.69, 9.17) is 21.1 Å². The fraction of sp³-hybridized carbons (Fsp3) is 0.200. The third-order valence-electron chi connectivity index (χ3n) is 2.83. The zero-order valence-electron chi connectivity index (χ0n) is 11.1. The molecule has 0 heterocycles. The largest absolute Gasteiger partial charge is 0.496 e. The molecule has 0 radical (unpaired) electrons. The Morgan fingerprint density at radius 2 is 1.81 bits per heavy atom. The Balaban J connectivity index is 2.22. The number of hydrogen-bond acceptors (Lipinski definition) is 2.